The van der Waals surface area contributed by atoms with Gasteiger partial charge in [0, 0.05) is 11.5 Å². The van der Waals surface area contributed by atoms with Crippen molar-refractivity contribution in [2.75, 3.05) is 0 Å². The Bertz CT molecular complexity index is 1310. The minimum absolute atomic E-state index is 0.944. The Morgan fingerprint density at radius 1 is 0.929 bits per heavy atom. The second-order valence-electron chi connectivity index (χ2n) is 7.14. The van der Waals surface area contributed by atoms with Crippen molar-refractivity contribution in [2.24, 2.45) is 0 Å². The van der Waals surface area contributed by atoms with Crippen LogP contribution in [0.4, 0.5) is 5.69 Å². The van der Waals surface area contributed by atoms with Crippen LogP contribution in [0.2, 0.25) is 0 Å². The lowest BCUT2D eigenvalue weighted by Gasteiger charge is -2.24. The van der Waals surface area contributed by atoms with Crippen molar-refractivity contribution in [1.29, 1.82) is 0 Å². The highest BCUT2D eigenvalue weighted by Gasteiger charge is 2.26. The summed E-state index contributed by atoms with van der Waals surface area (Å²) in [5.41, 5.74) is 5.89. The molecular weight excluding hydrogens is 340 g/mol. The molecule has 0 radical (unpaired) electrons. The number of aromatic nitrogens is 1. The normalized spacial score (nSPS) is 17.3. The fourth-order valence-electron chi connectivity index (χ4n) is 4.12. The Balaban J connectivity index is 1.85. The van der Waals surface area contributed by atoms with E-state index in [0.717, 1.165) is 17.6 Å². The maximum Gasteiger partial charge on any atom is 0.261 e. The summed E-state index contributed by atoms with van der Waals surface area (Å²) in [6.07, 6.45) is 15.8. The molecule has 1 aliphatic heterocycles. The van der Waals surface area contributed by atoms with Crippen LogP contribution >= 0.6 is 0 Å². The first-order valence-corrected chi connectivity index (χ1v) is 9.46. The molecule has 1 aromatic heterocycles. The second-order valence-corrected chi connectivity index (χ2v) is 7.14. The molecule has 0 amide bonds. The van der Waals surface area contributed by atoms with E-state index < -0.39 is 0 Å². The number of hydrogen-bond acceptors (Lipinski definition) is 0. The van der Waals surface area contributed by atoms with Crippen molar-refractivity contribution in [2.45, 2.75) is 6.42 Å². The summed E-state index contributed by atoms with van der Waals surface area (Å²) < 4.78 is 3.91. The van der Waals surface area contributed by atoms with Crippen LogP contribution in [0.5, 0.6) is 0 Å². The third kappa shape index (κ3) is 2.54. The molecule has 0 spiro atoms. The van der Waals surface area contributed by atoms with Gasteiger partial charge in [0.05, 0.1) is 0 Å². The molecule has 5 rings (SSSR count). The van der Waals surface area contributed by atoms with Gasteiger partial charge in [0.25, 0.3) is 5.52 Å². The van der Waals surface area contributed by atoms with Crippen LogP contribution in [0.25, 0.3) is 16.5 Å². The van der Waals surface area contributed by atoms with Gasteiger partial charge in [-0.25, -0.2) is 4.58 Å². The number of pyridine rings is 1. The summed E-state index contributed by atoms with van der Waals surface area (Å²) >= 11 is 0. The van der Waals surface area contributed by atoms with Crippen LogP contribution in [-0.4, -0.2) is 11.3 Å². The summed E-state index contributed by atoms with van der Waals surface area (Å²) in [4.78, 5) is 0. The summed E-state index contributed by atoms with van der Waals surface area (Å²) in [6, 6.07) is 17.1. The minimum Gasteiger partial charge on any atom is -0.222 e. The van der Waals surface area contributed by atoms with Gasteiger partial charge >= 0.3 is 0 Å². The summed E-state index contributed by atoms with van der Waals surface area (Å²) in [5, 5.41) is 2.45. The average molecular weight is 361 g/mol. The zero-order valence-electron chi connectivity index (χ0n) is 15.7. The quantitative estimate of drug-likeness (QED) is 0.452. The van der Waals surface area contributed by atoms with Crippen molar-refractivity contribution in [3.63, 3.8) is 0 Å². The molecule has 0 fully saturated rings. The van der Waals surface area contributed by atoms with Gasteiger partial charge in [-0.05, 0) is 28.9 Å². The molecule has 0 atom stereocenters. The third-order valence-electron chi connectivity index (χ3n) is 5.46. The highest BCUT2D eigenvalue weighted by Crippen LogP contribution is 2.38. The zero-order chi connectivity index (χ0) is 19.1. The Kier molecular flexibility index (Phi) is 3.84. The first-order chi connectivity index (χ1) is 13.7. The smallest absolute Gasteiger partial charge is 0.222 e. The molecule has 2 nitrogen and oxygen atoms in total. The van der Waals surface area contributed by atoms with Crippen LogP contribution in [0.1, 0.15) is 17.5 Å². The van der Waals surface area contributed by atoms with E-state index in [9.17, 15) is 0 Å². The molecule has 3 aromatic rings. The topological polar surface area (TPSA) is 8.91 Å². The number of hydrogen-bond donors (Lipinski definition) is 0. The fourth-order valence-corrected chi connectivity index (χ4v) is 4.12. The first-order valence-electron chi connectivity index (χ1n) is 9.46. The first kappa shape index (κ1) is 16.5. The molecular formula is C26H21N2+. The number of benzene rings is 2. The molecule has 0 unspecified atom stereocenters. The van der Waals surface area contributed by atoms with Crippen molar-refractivity contribution in [3.8, 4) is 0 Å². The molecule has 0 bridgehead atoms. The fraction of sp³-hybridized carbons (Fsp3) is 0.0385. The predicted molar refractivity (Wildman–Crippen MR) is 115 cm³/mol. The molecule has 2 heterocycles. The molecule has 0 saturated heterocycles. The molecule has 28 heavy (non-hydrogen) atoms. The van der Waals surface area contributed by atoms with Gasteiger partial charge in [0.1, 0.15) is 19.6 Å². The van der Waals surface area contributed by atoms with E-state index in [1.807, 2.05) is 27.3 Å². The maximum atomic E-state index is 4.26. The summed E-state index contributed by atoms with van der Waals surface area (Å²) in [5.74, 6) is 1.20. The SMILES string of the molecule is C=[N+]1C=C[C-](c2ccccc2)c2ccc3c(=C4C=CC=CC4)cc[n+](=C)c3c21. The standard InChI is InChI=1S/C26H21N2/c1-27-17-15-21(19-9-5-3-6-10-19)23-13-14-24-22(20-11-7-4-8-12-20)16-18-28(2)26(24)25(23)27/h3-11,13-18H,1-2,12H2/q+1. The lowest BCUT2D eigenvalue weighted by molar-refractivity contribution is -0.474. The van der Waals surface area contributed by atoms with E-state index >= 15 is 0 Å². The molecule has 1 aliphatic carbocycles. The van der Waals surface area contributed by atoms with Crippen molar-refractivity contribution < 1.29 is 8.82 Å². The third-order valence-corrected chi connectivity index (χ3v) is 5.46. The van der Waals surface area contributed by atoms with E-state index in [1.54, 1.807) is 0 Å². The van der Waals surface area contributed by atoms with Crippen LogP contribution in [0.15, 0.2) is 91.3 Å². The predicted octanol–water partition coefficient (Wildman–Crippen LogP) is 4.28. The van der Waals surface area contributed by atoms with Gasteiger partial charge in [-0.1, -0.05) is 54.5 Å². The molecule has 2 aromatic carbocycles. The molecule has 0 saturated carbocycles. The van der Waals surface area contributed by atoms with Crippen LogP contribution in [-0.2, 0) is 0 Å². The zero-order valence-corrected chi connectivity index (χ0v) is 15.7. The van der Waals surface area contributed by atoms with Gasteiger partial charge in [0.2, 0.25) is 5.69 Å². The van der Waals surface area contributed by atoms with Crippen molar-refractivity contribution >= 4 is 28.9 Å². The highest BCUT2D eigenvalue weighted by molar-refractivity contribution is 5.91. The van der Waals surface area contributed by atoms with E-state index in [-0.39, 0.29) is 0 Å². The van der Waals surface area contributed by atoms with E-state index in [2.05, 4.69) is 86.3 Å². The van der Waals surface area contributed by atoms with Gasteiger partial charge in [-0.15, -0.1) is 23.8 Å². The number of nitrogens with zero attached hydrogens (tertiary/aromatic N) is 2. The van der Waals surface area contributed by atoms with Gasteiger partial charge in [0.15, 0.2) is 6.20 Å². The molecule has 2 aliphatic rings. The van der Waals surface area contributed by atoms with E-state index in [1.165, 1.54) is 33.2 Å². The largest absolute Gasteiger partial charge is 0.261 e. The molecule has 134 valence electrons. The monoisotopic (exact) mass is 361 g/mol. The Morgan fingerprint density at radius 2 is 1.79 bits per heavy atom. The lowest BCUT2D eigenvalue weighted by atomic mass is 9.87. The van der Waals surface area contributed by atoms with Gasteiger partial charge in [-0.2, -0.15) is 4.24 Å². The Morgan fingerprint density at radius 3 is 2.57 bits per heavy atom. The number of fused-ring (bicyclic) bond motifs is 3. The van der Waals surface area contributed by atoms with E-state index in [0.29, 0.717) is 0 Å². The summed E-state index contributed by atoms with van der Waals surface area (Å²) in [6.45, 7) is 8.52. The highest BCUT2D eigenvalue weighted by atomic mass is 15.0. The lowest BCUT2D eigenvalue weighted by Crippen LogP contribution is -2.24. The van der Waals surface area contributed by atoms with Crippen molar-refractivity contribution in [3.05, 3.63) is 120 Å². The van der Waals surface area contributed by atoms with Crippen LogP contribution in [0.3, 0.4) is 0 Å². The Labute approximate surface area is 164 Å². The average Bonchev–Trinajstić information content (AvgIpc) is 2.75. The van der Waals surface area contributed by atoms with Gasteiger partial charge < -0.3 is 0 Å². The van der Waals surface area contributed by atoms with Crippen LogP contribution in [0, 0.1) is 12.6 Å². The summed E-state index contributed by atoms with van der Waals surface area (Å²) in [7, 11) is 0. The van der Waals surface area contributed by atoms with Gasteiger partial charge in [-0.3, -0.25) is 0 Å². The molecule has 2 heteroatoms. The maximum absolute atomic E-state index is 4.26. The molecule has 0 N–H and O–H groups in total. The van der Waals surface area contributed by atoms with E-state index in [4.69, 9.17) is 0 Å². The second kappa shape index (κ2) is 6.50. The number of rotatable bonds is 1. The van der Waals surface area contributed by atoms with Crippen molar-refractivity contribution in [1.82, 2.24) is 0 Å². The minimum atomic E-state index is 0.944. The number of allylic oxidation sites excluding steroid dienone is 5. The Hall–Kier alpha value is -3.65. The van der Waals surface area contributed by atoms with Crippen LogP contribution < -0.4 is 9.46 Å².